The van der Waals surface area contributed by atoms with Crippen LogP contribution in [0, 0.1) is 0 Å². The minimum Gasteiger partial charge on any atom is -0.490 e. The van der Waals surface area contributed by atoms with Gasteiger partial charge < -0.3 is 10.1 Å². The van der Waals surface area contributed by atoms with Gasteiger partial charge in [0.05, 0.1) is 0 Å². The smallest absolute Gasteiger partial charge is 0.126 e. The SMILES string of the molecule is CC1Cc2cc(Cl)cc(C3CCNC3)c2O1. The van der Waals surface area contributed by atoms with Gasteiger partial charge in [0.2, 0.25) is 0 Å². The molecule has 2 unspecified atom stereocenters. The van der Waals surface area contributed by atoms with Crippen molar-refractivity contribution >= 4 is 11.6 Å². The normalized spacial score (nSPS) is 27.9. The molecule has 2 atom stereocenters. The number of ether oxygens (including phenoxy) is 1. The van der Waals surface area contributed by atoms with Gasteiger partial charge in [0, 0.05) is 29.5 Å². The van der Waals surface area contributed by atoms with Gasteiger partial charge in [0.15, 0.2) is 0 Å². The highest BCUT2D eigenvalue weighted by atomic mass is 35.5. The molecule has 2 nitrogen and oxygen atoms in total. The standard InChI is InChI=1S/C13H16ClNO/c1-8-4-10-5-11(14)6-12(13(10)16-8)9-2-3-15-7-9/h5-6,8-9,15H,2-4,7H2,1H3. The summed E-state index contributed by atoms with van der Waals surface area (Å²) in [6.07, 6.45) is 2.47. The molecular weight excluding hydrogens is 222 g/mol. The second-order valence-electron chi connectivity index (χ2n) is 4.81. The van der Waals surface area contributed by atoms with E-state index >= 15 is 0 Å². The van der Waals surface area contributed by atoms with E-state index in [4.69, 9.17) is 16.3 Å². The Labute approximate surface area is 101 Å². The van der Waals surface area contributed by atoms with Crippen LogP contribution in [-0.4, -0.2) is 19.2 Å². The Hall–Kier alpha value is -0.730. The van der Waals surface area contributed by atoms with Gasteiger partial charge in [-0.05, 0) is 37.6 Å². The lowest BCUT2D eigenvalue weighted by molar-refractivity contribution is 0.251. The number of hydrogen-bond donors (Lipinski definition) is 1. The number of rotatable bonds is 1. The van der Waals surface area contributed by atoms with Gasteiger partial charge in [0.25, 0.3) is 0 Å². The molecule has 1 aromatic carbocycles. The number of nitrogens with one attached hydrogen (secondary N) is 1. The number of halogens is 1. The maximum atomic E-state index is 6.18. The largest absolute Gasteiger partial charge is 0.490 e. The van der Waals surface area contributed by atoms with Crippen LogP contribution in [0.15, 0.2) is 12.1 Å². The third kappa shape index (κ3) is 1.70. The van der Waals surface area contributed by atoms with Crippen LogP contribution in [0.2, 0.25) is 5.02 Å². The summed E-state index contributed by atoms with van der Waals surface area (Å²) in [4.78, 5) is 0. The van der Waals surface area contributed by atoms with Crippen LogP contribution < -0.4 is 10.1 Å². The average Bonchev–Trinajstić information content (AvgIpc) is 2.83. The first kappa shape index (κ1) is 10.4. The monoisotopic (exact) mass is 237 g/mol. The van der Waals surface area contributed by atoms with Gasteiger partial charge >= 0.3 is 0 Å². The molecule has 86 valence electrons. The number of hydrogen-bond acceptors (Lipinski definition) is 2. The molecule has 0 spiro atoms. The minimum atomic E-state index is 0.293. The topological polar surface area (TPSA) is 21.3 Å². The van der Waals surface area contributed by atoms with E-state index in [2.05, 4.69) is 18.3 Å². The lowest BCUT2D eigenvalue weighted by atomic mass is 9.95. The Morgan fingerprint density at radius 3 is 3.06 bits per heavy atom. The molecule has 1 N–H and O–H groups in total. The fourth-order valence-electron chi connectivity index (χ4n) is 2.74. The first-order valence-corrected chi connectivity index (χ1v) is 6.31. The van der Waals surface area contributed by atoms with E-state index in [0.29, 0.717) is 12.0 Å². The summed E-state index contributed by atoms with van der Waals surface area (Å²) < 4.78 is 5.92. The highest BCUT2D eigenvalue weighted by Gasteiger charge is 2.28. The summed E-state index contributed by atoms with van der Waals surface area (Å²) in [6, 6.07) is 4.13. The van der Waals surface area contributed by atoms with Crippen molar-refractivity contribution in [3.63, 3.8) is 0 Å². The highest BCUT2D eigenvalue weighted by Crippen LogP contribution is 2.40. The number of fused-ring (bicyclic) bond motifs is 1. The molecule has 1 aromatic rings. The molecule has 0 bridgehead atoms. The molecular formula is C13H16ClNO. The van der Waals surface area contributed by atoms with Gasteiger partial charge in [-0.2, -0.15) is 0 Å². The predicted molar refractivity (Wildman–Crippen MR) is 65.5 cm³/mol. The highest BCUT2D eigenvalue weighted by molar-refractivity contribution is 6.30. The van der Waals surface area contributed by atoms with E-state index in [1.165, 1.54) is 17.5 Å². The first-order chi connectivity index (χ1) is 7.74. The second kappa shape index (κ2) is 3.94. The fourth-order valence-corrected chi connectivity index (χ4v) is 2.99. The van der Waals surface area contributed by atoms with Crippen LogP contribution in [0.5, 0.6) is 5.75 Å². The second-order valence-corrected chi connectivity index (χ2v) is 5.24. The zero-order valence-corrected chi connectivity index (χ0v) is 10.2. The summed E-state index contributed by atoms with van der Waals surface area (Å²) >= 11 is 6.18. The Morgan fingerprint density at radius 2 is 2.31 bits per heavy atom. The molecule has 1 fully saturated rings. The molecule has 0 radical (unpaired) electrons. The van der Waals surface area contributed by atoms with Crippen LogP contribution in [-0.2, 0) is 6.42 Å². The van der Waals surface area contributed by atoms with Crippen molar-refractivity contribution in [1.82, 2.24) is 5.32 Å². The van der Waals surface area contributed by atoms with Crippen LogP contribution >= 0.6 is 11.6 Å². The third-order valence-corrected chi connectivity index (χ3v) is 3.70. The maximum absolute atomic E-state index is 6.18. The molecule has 2 heterocycles. The van der Waals surface area contributed by atoms with Crippen molar-refractivity contribution in [1.29, 1.82) is 0 Å². The Bertz CT molecular complexity index is 413. The average molecular weight is 238 g/mol. The van der Waals surface area contributed by atoms with Crippen molar-refractivity contribution in [3.8, 4) is 5.75 Å². The molecule has 3 heteroatoms. The van der Waals surface area contributed by atoms with Crippen LogP contribution in [0.3, 0.4) is 0 Å². The minimum absolute atomic E-state index is 0.293. The van der Waals surface area contributed by atoms with Crippen LogP contribution in [0.4, 0.5) is 0 Å². The quantitative estimate of drug-likeness (QED) is 0.811. The molecule has 0 aromatic heterocycles. The molecule has 2 aliphatic rings. The van der Waals surface area contributed by atoms with Crippen LogP contribution in [0.25, 0.3) is 0 Å². The Kier molecular flexibility index (Phi) is 2.56. The van der Waals surface area contributed by atoms with Crippen molar-refractivity contribution in [3.05, 3.63) is 28.3 Å². The summed E-state index contributed by atoms with van der Waals surface area (Å²) in [5.41, 5.74) is 2.58. The Morgan fingerprint density at radius 1 is 1.44 bits per heavy atom. The molecule has 2 aliphatic heterocycles. The van der Waals surface area contributed by atoms with Crippen molar-refractivity contribution in [2.24, 2.45) is 0 Å². The van der Waals surface area contributed by atoms with Gasteiger partial charge in [-0.25, -0.2) is 0 Å². The lowest BCUT2D eigenvalue weighted by Gasteiger charge is -2.14. The van der Waals surface area contributed by atoms with E-state index in [-0.39, 0.29) is 0 Å². The first-order valence-electron chi connectivity index (χ1n) is 5.93. The zero-order valence-electron chi connectivity index (χ0n) is 9.42. The summed E-state index contributed by atoms with van der Waals surface area (Å²) in [6.45, 7) is 4.26. The van der Waals surface area contributed by atoms with Gasteiger partial charge in [-0.1, -0.05) is 11.6 Å². The van der Waals surface area contributed by atoms with Crippen molar-refractivity contribution < 1.29 is 4.74 Å². The molecule has 0 saturated carbocycles. The molecule has 1 saturated heterocycles. The Balaban J connectivity index is 2.04. The summed E-state index contributed by atoms with van der Waals surface area (Å²) in [7, 11) is 0. The molecule has 3 rings (SSSR count). The predicted octanol–water partition coefficient (Wildman–Crippen LogP) is 2.74. The van der Waals surface area contributed by atoms with E-state index in [9.17, 15) is 0 Å². The molecule has 0 amide bonds. The van der Waals surface area contributed by atoms with Crippen molar-refractivity contribution in [2.45, 2.75) is 31.8 Å². The fraction of sp³-hybridized carbons (Fsp3) is 0.538. The maximum Gasteiger partial charge on any atom is 0.126 e. The van der Waals surface area contributed by atoms with Gasteiger partial charge in [-0.3, -0.25) is 0 Å². The van der Waals surface area contributed by atoms with Gasteiger partial charge in [0.1, 0.15) is 11.9 Å². The van der Waals surface area contributed by atoms with E-state index in [1.807, 2.05) is 6.07 Å². The number of benzene rings is 1. The molecule has 0 aliphatic carbocycles. The summed E-state index contributed by atoms with van der Waals surface area (Å²) in [5.74, 6) is 1.67. The third-order valence-electron chi connectivity index (χ3n) is 3.49. The van der Waals surface area contributed by atoms with E-state index < -0.39 is 0 Å². The summed E-state index contributed by atoms with van der Waals surface area (Å²) in [5, 5.41) is 4.24. The lowest BCUT2D eigenvalue weighted by Crippen LogP contribution is -2.09. The molecule has 16 heavy (non-hydrogen) atoms. The zero-order chi connectivity index (χ0) is 11.1. The van der Waals surface area contributed by atoms with Crippen LogP contribution in [0.1, 0.15) is 30.4 Å². The van der Waals surface area contributed by atoms with E-state index in [1.54, 1.807) is 0 Å². The van der Waals surface area contributed by atoms with E-state index in [0.717, 1.165) is 30.3 Å². The van der Waals surface area contributed by atoms with Gasteiger partial charge in [-0.15, -0.1) is 0 Å². The van der Waals surface area contributed by atoms with Crippen molar-refractivity contribution in [2.75, 3.05) is 13.1 Å².